The minimum absolute atomic E-state index is 0.0137. The Morgan fingerprint density at radius 2 is 0.722 bits per heavy atom. The van der Waals surface area contributed by atoms with Gasteiger partial charge in [0.1, 0.15) is 0 Å². The zero-order valence-electron chi connectivity index (χ0n) is 10.2. The van der Waals surface area contributed by atoms with Crippen LogP contribution < -0.4 is 0 Å². The van der Waals surface area contributed by atoms with Crippen molar-refractivity contribution in [3.63, 3.8) is 0 Å². The highest BCUT2D eigenvalue weighted by atomic mass is 16.3. The molecule has 0 radical (unpaired) electrons. The average molecular weight is 252 g/mol. The van der Waals surface area contributed by atoms with Crippen molar-refractivity contribution in [2.75, 3.05) is 0 Å². The monoisotopic (exact) mass is 252 g/mol. The van der Waals surface area contributed by atoms with Gasteiger partial charge in [0, 0.05) is 0 Å². The lowest BCUT2D eigenvalue weighted by Gasteiger charge is -2.25. The number of hydrogen-bond acceptors (Lipinski definition) is 4. The fourth-order valence-corrected chi connectivity index (χ4v) is 1.54. The molecule has 0 aliphatic carbocycles. The Labute approximate surface area is 107 Å². The fraction of sp³-hybridized carbons (Fsp3) is 0.286. The van der Waals surface area contributed by atoms with Crippen LogP contribution in [-0.2, 0) is 0 Å². The SMILES string of the molecule is C=CC(O)C(=C(C(O)C=C)C(O)C=C)C(O)C=C. The Bertz CT molecular complexity index is 291. The van der Waals surface area contributed by atoms with E-state index >= 15 is 0 Å². The fourth-order valence-electron chi connectivity index (χ4n) is 1.54. The molecule has 0 aromatic rings. The molecule has 0 aromatic heterocycles. The van der Waals surface area contributed by atoms with Crippen molar-refractivity contribution in [3.05, 3.63) is 61.8 Å². The van der Waals surface area contributed by atoms with Gasteiger partial charge in [-0.3, -0.25) is 0 Å². The van der Waals surface area contributed by atoms with Crippen LogP contribution in [0.15, 0.2) is 61.8 Å². The van der Waals surface area contributed by atoms with Crippen molar-refractivity contribution in [2.24, 2.45) is 0 Å². The maximum atomic E-state index is 9.80. The van der Waals surface area contributed by atoms with Gasteiger partial charge < -0.3 is 20.4 Å². The van der Waals surface area contributed by atoms with E-state index in [4.69, 9.17) is 0 Å². The lowest BCUT2D eigenvalue weighted by Crippen LogP contribution is -2.29. The van der Waals surface area contributed by atoms with Crippen molar-refractivity contribution < 1.29 is 20.4 Å². The van der Waals surface area contributed by atoms with Crippen molar-refractivity contribution in [1.82, 2.24) is 0 Å². The summed E-state index contributed by atoms with van der Waals surface area (Å²) in [5, 5.41) is 39.2. The van der Waals surface area contributed by atoms with Crippen LogP contribution in [0.3, 0.4) is 0 Å². The average Bonchev–Trinajstić information content (AvgIpc) is 2.41. The Morgan fingerprint density at radius 3 is 0.833 bits per heavy atom. The van der Waals surface area contributed by atoms with Crippen molar-refractivity contribution >= 4 is 0 Å². The molecule has 4 unspecified atom stereocenters. The lowest BCUT2D eigenvalue weighted by atomic mass is 9.90. The second-order valence-electron chi connectivity index (χ2n) is 3.63. The predicted octanol–water partition coefficient (Wildman–Crippen LogP) is 0.471. The Morgan fingerprint density at radius 1 is 0.556 bits per heavy atom. The van der Waals surface area contributed by atoms with E-state index < -0.39 is 24.4 Å². The molecular formula is C14H20O4. The van der Waals surface area contributed by atoms with Gasteiger partial charge in [0.05, 0.1) is 24.4 Å². The van der Waals surface area contributed by atoms with Gasteiger partial charge in [-0.05, 0) is 11.1 Å². The van der Waals surface area contributed by atoms with Gasteiger partial charge in [-0.2, -0.15) is 0 Å². The molecule has 4 atom stereocenters. The van der Waals surface area contributed by atoms with Gasteiger partial charge in [-0.25, -0.2) is 0 Å². The molecule has 0 aromatic carbocycles. The number of hydrogen-bond donors (Lipinski definition) is 4. The van der Waals surface area contributed by atoms with Crippen LogP contribution in [0, 0.1) is 0 Å². The van der Waals surface area contributed by atoms with Gasteiger partial charge in [0.2, 0.25) is 0 Å². The van der Waals surface area contributed by atoms with Crippen LogP contribution in [0.1, 0.15) is 0 Å². The third kappa shape index (κ3) is 3.78. The molecule has 0 spiro atoms. The van der Waals surface area contributed by atoms with Crippen LogP contribution >= 0.6 is 0 Å². The molecule has 4 heteroatoms. The first-order valence-electron chi connectivity index (χ1n) is 5.40. The Kier molecular flexibility index (Phi) is 7.16. The van der Waals surface area contributed by atoms with Crippen molar-refractivity contribution in [3.8, 4) is 0 Å². The molecule has 4 N–H and O–H groups in total. The number of rotatable bonds is 8. The topological polar surface area (TPSA) is 80.9 Å². The minimum Gasteiger partial charge on any atom is -0.385 e. The maximum Gasteiger partial charge on any atom is 0.0961 e. The molecule has 0 rings (SSSR count). The van der Waals surface area contributed by atoms with E-state index in [2.05, 4.69) is 26.3 Å². The molecule has 0 amide bonds. The summed E-state index contributed by atoms with van der Waals surface area (Å²) in [5.41, 5.74) is 0.0274. The van der Waals surface area contributed by atoms with E-state index in [0.717, 1.165) is 0 Å². The number of aliphatic hydroxyl groups is 4. The molecule has 0 saturated carbocycles. The van der Waals surface area contributed by atoms with E-state index in [0.29, 0.717) is 0 Å². The van der Waals surface area contributed by atoms with Crippen LogP contribution in [0.4, 0.5) is 0 Å². The molecule has 0 aliphatic rings. The summed E-state index contributed by atoms with van der Waals surface area (Å²) in [7, 11) is 0. The lowest BCUT2D eigenvalue weighted by molar-refractivity contribution is 0.160. The molecule has 0 heterocycles. The van der Waals surface area contributed by atoms with Crippen LogP contribution in [0.2, 0.25) is 0 Å². The first kappa shape index (κ1) is 16.5. The van der Waals surface area contributed by atoms with E-state index in [1.807, 2.05) is 0 Å². The summed E-state index contributed by atoms with van der Waals surface area (Å²) in [6.45, 7) is 13.6. The molecule has 0 aliphatic heterocycles. The second kappa shape index (κ2) is 7.79. The zero-order valence-corrected chi connectivity index (χ0v) is 10.2. The van der Waals surface area contributed by atoms with E-state index in [1.54, 1.807) is 0 Å². The summed E-state index contributed by atoms with van der Waals surface area (Å²) in [5.74, 6) is 0. The molecule has 4 nitrogen and oxygen atoms in total. The van der Waals surface area contributed by atoms with Crippen LogP contribution in [0.25, 0.3) is 0 Å². The molecule has 18 heavy (non-hydrogen) atoms. The molecular weight excluding hydrogens is 232 g/mol. The normalized spacial score (nSPS) is 16.9. The van der Waals surface area contributed by atoms with Gasteiger partial charge in [0.25, 0.3) is 0 Å². The first-order valence-corrected chi connectivity index (χ1v) is 5.40. The molecule has 0 saturated heterocycles. The maximum absolute atomic E-state index is 9.80. The quantitative estimate of drug-likeness (QED) is 0.473. The van der Waals surface area contributed by atoms with Gasteiger partial charge in [0.15, 0.2) is 0 Å². The second-order valence-corrected chi connectivity index (χ2v) is 3.63. The third-order valence-electron chi connectivity index (χ3n) is 2.50. The predicted molar refractivity (Wildman–Crippen MR) is 71.8 cm³/mol. The molecule has 0 fully saturated rings. The Balaban J connectivity index is 5.96. The number of aliphatic hydroxyl groups excluding tert-OH is 4. The Hall–Kier alpha value is -1.46. The summed E-state index contributed by atoms with van der Waals surface area (Å²) in [6.07, 6.45) is -0.202. The van der Waals surface area contributed by atoms with Gasteiger partial charge in [-0.15, -0.1) is 26.3 Å². The molecule has 0 bridgehead atoms. The summed E-state index contributed by atoms with van der Waals surface area (Å²) in [6, 6.07) is 0. The summed E-state index contributed by atoms with van der Waals surface area (Å²) < 4.78 is 0. The highest BCUT2D eigenvalue weighted by Crippen LogP contribution is 2.23. The van der Waals surface area contributed by atoms with E-state index in [9.17, 15) is 20.4 Å². The highest BCUT2D eigenvalue weighted by Gasteiger charge is 2.26. The third-order valence-corrected chi connectivity index (χ3v) is 2.50. The highest BCUT2D eigenvalue weighted by molar-refractivity contribution is 5.36. The van der Waals surface area contributed by atoms with Crippen LogP contribution in [0.5, 0.6) is 0 Å². The minimum atomic E-state index is -1.22. The van der Waals surface area contributed by atoms with Gasteiger partial charge in [-0.1, -0.05) is 24.3 Å². The van der Waals surface area contributed by atoms with Crippen molar-refractivity contribution in [1.29, 1.82) is 0 Å². The van der Waals surface area contributed by atoms with Gasteiger partial charge >= 0.3 is 0 Å². The summed E-state index contributed by atoms with van der Waals surface area (Å²) >= 11 is 0. The zero-order chi connectivity index (χ0) is 14.3. The first-order chi connectivity index (χ1) is 8.44. The van der Waals surface area contributed by atoms with E-state index in [-0.39, 0.29) is 11.1 Å². The standard InChI is InChI=1S/C14H20O4/c1-5-9(15)13(10(16)6-2)14(11(17)7-3)12(18)8-4/h5-12,15-18H,1-4H2. The van der Waals surface area contributed by atoms with Crippen molar-refractivity contribution in [2.45, 2.75) is 24.4 Å². The largest absolute Gasteiger partial charge is 0.385 e. The molecule has 100 valence electrons. The van der Waals surface area contributed by atoms with Crippen LogP contribution in [-0.4, -0.2) is 44.8 Å². The summed E-state index contributed by atoms with van der Waals surface area (Å²) in [4.78, 5) is 0. The van der Waals surface area contributed by atoms with E-state index in [1.165, 1.54) is 24.3 Å². The smallest absolute Gasteiger partial charge is 0.0961 e.